The molecule has 7 heteroatoms. The van der Waals surface area contributed by atoms with Crippen LogP contribution >= 0.6 is 0 Å². The van der Waals surface area contributed by atoms with Gasteiger partial charge >= 0.3 is 0 Å². The molecule has 2 aromatic heterocycles. The highest BCUT2D eigenvalue weighted by molar-refractivity contribution is 6.16. The lowest BCUT2D eigenvalue weighted by atomic mass is 10.1. The van der Waals surface area contributed by atoms with Gasteiger partial charge in [-0.25, -0.2) is 9.97 Å². The zero-order valence-electron chi connectivity index (χ0n) is 13.8. The van der Waals surface area contributed by atoms with Gasteiger partial charge in [0.1, 0.15) is 23.7 Å². The van der Waals surface area contributed by atoms with Gasteiger partial charge in [0.25, 0.3) is 0 Å². The Hall–Kier alpha value is -3.09. The molecule has 0 aliphatic heterocycles. The van der Waals surface area contributed by atoms with Crippen LogP contribution in [0.3, 0.4) is 0 Å². The molecule has 7 nitrogen and oxygen atoms in total. The maximum Gasteiger partial charge on any atom is 0.141 e. The number of rotatable bonds is 5. The lowest BCUT2D eigenvalue weighted by Crippen LogP contribution is -2.18. The van der Waals surface area contributed by atoms with Crippen LogP contribution in [-0.2, 0) is 0 Å². The summed E-state index contributed by atoms with van der Waals surface area (Å²) in [5, 5.41) is 12.7. The van der Waals surface area contributed by atoms with Crippen molar-refractivity contribution in [1.29, 1.82) is 5.41 Å². The molecule has 0 radical (unpaired) electrons. The summed E-state index contributed by atoms with van der Waals surface area (Å²) in [6.45, 7) is 4.00. The van der Waals surface area contributed by atoms with Gasteiger partial charge in [-0.15, -0.1) is 0 Å². The Labute approximate surface area is 139 Å². The van der Waals surface area contributed by atoms with Crippen molar-refractivity contribution >= 4 is 28.3 Å². The van der Waals surface area contributed by atoms with Gasteiger partial charge < -0.3 is 20.8 Å². The quantitative estimate of drug-likeness (QED) is 0.539. The van der Waals surface area contributed by atoms with E-state index >= 15 is 0 Å². The Kier molecular flexibility index (Phi) is 4.07. The molecule has 0 unspecified atom stereocenters. The number of aromatic nitrogens is 3. The molecule has 3 rings (SSSR count). The van der Waals surface area contributed by atoms with Crippen LogP contribution in [-0.4, -0.2) is 33.8 Å². The number of benzene rings is 1. The number of nitrogens with two attached hydrogens (primary N) is 1. The van der Waals surface area contributed by atoms with Gasteiger partial charge in [0, 0.05) is 16.9 Å². The zero-order chi connectivity index (χ0) is 17.3. The first-order valence-electron chi connectivity index (χ1n) is 7.62. The van der Waals surface area contributed by atoms with Crippen LogP contribution in [0.1, 0.15) is 25.1 Å². The Morgan fingerprint density at radius 2 is 2.08 bits per heavy atom. The first-order chi connectivity index (χ1) is 11.5. The molecule has 0 aliphatic rings. The van der Waals surface area contributed by atoms with Crippen molar-refractivity contribution in [3.8, 4) is 5.75 Å². The molecular weight excluding hydrogens is 304 g/mol. The summed E-state index contributed by atoms with van der Waals surface area (Å²) in [5.74, 6) is 1.59. The van der Waals surface area contributed by atoms with E-state index in [4.69, 9.17) is 15.9 Å². The van der Waals surface area contributed by atoms with E-state index in [2.05, 4.69) is 20.3 Å². The molecule has 0 fully saturated rings. The van der Waals surface area contributed by atoms with E-state index < -0.39 is 0 Å². The third-order valence-corrected chi connectivity index (χ3v) is 3.65. The van der Waals surface area contributed by atoms with Crippen molar-refractivity contribution in [2.24, 2.45) is 0 Å². The second kappa shape index (κ2) is 6.19. The van der Waals surface area contributed by atoms with Gasteiger partial charge in [0.05, 0.1) is 24.1 Å². The molecule has 0 amide bonds. The Morgan fingerprint density at radius 3 is 2.79 bits per heavy atom. The number of fused-ring (bicyclic) bond motifs is 1. The number of H-pyrrole nitrogens is 1. The molecule has 0 saturated heterocycles. The van der Waals surface area contributed by atoms with Crippen molar-refractivity contribution in [3.63, 3.8) is 0 Å². The summed E-state index contributed by atoms with van der Waals surface area (Å²) in [6.07, 6.45) is 1.40. The van der Waals surface area contributed by atoms with Crippen molar-refractivity contribution < 1.29 is 4.74 Å². The molecule has 3 aromatic rings. The van der Waals surface area contributed by atoms with Gasteiger partial charge in [-0.3, -0.25) is 5.41 Å². The van der Waals surface area contributed by atoms with Crippen molar-refractivity contribution in [3.05, 3.63) is 41.9 Å². The average molecular weight is 324 g/mol. The molecule has 0 bridgehead atoms. The van der Waals surface area contributed by atoms with Crippen LogP contribution in [0.25, 0.3) is 10.9 Å². The monoisotopic (exact) mass is 324 g/mol. The number of hydrogen-bond donors (Lipinski definition) is 4. The third-order valence-electron chi connectivity index (χ3n) is 3.65. The van der Waals surface area contributed by atoms with Crippen molar-refractivity contribution in [2.75, 3.05) is 18.2 Å². The number of methoxy groups -OCH3 is 1. The van der Waals surface area contributed by atoms with Crippen LogP contribution in [0, 0.1) is 5.41 Å². The van der Waals surface area contributed by atoms with Gasteiger partial charge in [-0.1, -0.05) is 0 Å². The zero-order valence-corrected chi connectivity index (χ0v) is 13.8. The largest absolute Gasteiger partial charge is 0.497 e. The van der Waals surface area contributed by atoms with Crippen LogP contribution in [0.2, 0.25) is 0 Å². The first kappa shape index (κ1) is 15.8. The minimum atomic E-state index is 0.165. The second-order valence-corrected chi connectivity index (χ2v) is 5.79. The molecule has 0 spiro atoms. The predicted octanol–water partition coefficient (Wildman–Crippen LogP) is 2.79. The van der Waals surface area contributed by atoms with E-state index in [0.717, 1.165) is 16.7 Å². The maximum absolute atomic E-state index is 8.57. The van der Waals surface area contributed by atoms with E-state index in [0.29, 0.717) is 17.1 Å². The Balaban J connectivity index is 2.06. The molecular formula is C17H20N6O. The number of aromatic amines is 1. The van der Waals surface area contributed by atoms with Gasteiger partial charge in [0.15, 0.2) is 0 Å². The summed E-state index contributed by atoms with van der Waals surface area (Å²) >= 11 is 0. The fraction of sp³-hybridized carbons (Fsp3) is 0.235. The van der Waals surface area contributed by atoms with Crippen LogP contribution in [0.4, 0.5) is 11.6 Å². The van der Waals surface area contributed by atoms with E-state index in [-0.39, 0.29) is 17.6 Å². The first-order valence-corrected chi connectivity index (χ1v) is 7.62. The normalized spacial score (nSPS) is 11.0. The summed E-state index contributed by atoms with van der Waals surface area (Å²) in [4.78, 5) is 11.5. The molecule has 1 aromatic carbocycles. The van der Waals surface area contributed by atoms with Gasteiger partial charge in [0.2, 0.25) is 0 Å². The number of hydrogen-bond acceptors (Lipinski definition) is 6. The number of ether oxygens (including phenoxy) is 1. The molecule has 124 valence electrons. The summed E-state index contributed by atoms with van der Waals surface area (Å²) in [5.41, 5.74) is 8.31. The molecule has 2 heterocycles. The summed E-state index contributed by atoms with van der Waals surface area (Å²) < 4.78 is 5.24. The standard InChI is InChI=1S/C17H20N6O/c1-9(2)22-17-14(16(19)20-8-21-17)15(18)13-7-10-6-11(24-3)4-5-12(10)23-13/h4-9,18,23H,1-3H3,(H3,19,20,21,22). The van der Waals surface area contributed by atoms with Crippen LogP contribution < -0.4 is 15.8 Å². The molecule has 5 N–H and O–H groups in total. The topological polar surface area (TPSA) is 113 Å². The van der Waals surface area contributed by atoms with Crippen molar-refractivity contribution in [1.82, 2.24) is 15.0 Å². The van der Waals surface area contributed by atoms with E-state index in [1.807, 2.05) is 38.1 Å². The minimum absolute atomic E-state index is 0.165. The third kappa shape index (κ3) is 2.88. The van der Waals surface area contributed by atoms with Crippen LogP contribution in [0.5, 0.6) is 5.75 Å². The molecule has 0 atom stereocenters. The van der Waals surface area contributed by atoms with E-state index in [1.54, 1.807) is 7.11 Å². The highest BCUT2D eigenvalue weighted by Gasteiger charge is 2.18. The Bertz CT molecular complexity index is 899. The fourth-order valence-corrected chi connectivity index (χ4v) is 2.54. The molecule has 0 aliphatic carbocycles. The molecule has 0 saturated carbocycles. The summed E-state index contributed by atoms with van der Waals surface area (Å²) in [7, 11) is 1.63. The SMILES string of the molecule is COc1ccc2[nH]c(C(=N)c3c(N)ncnc3NC(C)C)cc2c1. The van der Waals surface area contributed by atoms with Gasteiger partial charge in [-0.05, 0) is 38.1 Å². The highest BCUT2D eigenvalue weighted by atomic mass is 16.5. The average Bonchev–Trinajstić information content (AvgIpc) is 2.97. The highest BCUT2D eigenvalue weighted by Crippen LogP contribution is 2.26. The smallest absolute Gasteiger partial charge is 0.141 e. The summed E-state index contributed by atoms with van der Waals surface area (Å²) in [6, 6.07) is 7.77. The lowest BCUT2D eigenvalue weighted by Gasteiger charge is -2.14. The maximum atomic E-state index is 8.57. The van der Waals surface area contributed by atoms with Crippen molar-refractivity contribution in [2.45, 2.75) is 19.9 Å². The number of nitrogen functional groups attached to an aromatic ring is 1. The number of nitrogens with one attached hydrogen (secondary N) is 3. The minimum Gasteiger partial charge on any atom is -0.497 e. The Morgan fingerprint density at radius 1 is 1.29 bits per heavy atom. The molecule has 24 heavy (non-hydrogen) atoms. The van der Waals surface area contributed by atoms with E-state index in [1.165, 1.54) is 6.33 Å². The number of nitrogens with zero attached hydrogens (tertiary/aromatic N) is 2. The second-order valence-electron chi connectivity index (χ2n) is 5.79. The van der Waals surface area contributed by atoms with Crippen LogP contribution in [0.15, 0.2) is 30.6 Å². The number of anilines is 2. The van der Waals surface area contributed by atoms with Gasteiger partial charge in [-0.2, -0.15) is 0 Å². The predicted molar refractivity (Wildman–Crippen MR) is 96.0 cm³/mol. The fourth-order valence-electron chi connectivity index (χ4n) is 2.54. The van der Waals surface area contributed by atoms with E-state index in [9.17, 15) is 0 Å². The lowest BCUT2D eigenvalue weighted by molar-refractivity contribution is 0.415.